The summed E-state index contributed by atoms with van der Waals surface area (Å²) in [6.45, 7) is 22.9. The maximum atomic E-state index is 6.68. The van der Waals surface area contributed by atoms with Crippen molar-refractivity contribution in [2.24, 2.45) is 0 Å². The van der Waals surface area contributed by atoms with Gasteiger partial charge in [-0.3, -0.25) is 0 Å². The lowest BCUT2D eigenvalue weighted by molar-refractivity contribution is 0.00578. The minimum absolute atomic E-state index is 0.474. The van der Waals surface area contributed by atoms with Gasteiger partial charge in [0.15, 0.2) is 0 Å². The molecule has 8 heteroatoms. The first-order chi connectivity index (χ1) is 14.0. The van der Waals surface area contributed by atoms with Gasteiger partial charge in [-0.1, -0.05) is 30.3 Å². The molecule has 5 nitrogen and oxygen atoms in total. The zero-order valence-electron chi connectivity index (χ0n) is 21.1. The Hall–Kier alpha value is -1.05. The quantitative estimate of drug-likeness (QED) is 0.443. The van der Waals surface area contributed by atoms with Crippen LogP contribution in [0, 0.1) is 0 Å². The highest BCUT2D eigenvalue weighted by atomic mass is 28.4. The molecule has 0 radical (unpaired) electrons. The molecule has 2 fully saturated rings. The van der Waals surface area contributed by atoms with Gasteiger partial charge in [0.2, 0.25) is 8.32 Å². The third kappa shape index (κ3) is 4.83. The first-order valence-electron chi connectivity index (χ1n) is 11.2. The van der Waals surface area contributed by atoms with E-state index < -0.39 is 45.0 Å². The Balaban J connectivity index is 2.20. The first-order valence-corrected chi connectivity index (χ1v) is 14.6. The van der Waals surface area contributed by atoms with E-state index in [1.807, 2.05) is 18.2 Å². The van der Waals surface area contributed by atoms with Gasteiger partial charge in [-0.15, -0.1) is 0 Å². The minimum Gasteiger partial charge on any atom is -0.550 e. The van der Waals surface area contributed by atoms with Gasteiger partial charge in [0, 0.05) is 5.47 Å². The molecule has 0 bridgehead atoms. The molecule has 0 saturated carbocycles. The van der Waals surface area contributed by atoms with Gasteiger partial charge < -0.3 is 23.0 Å². The van der Waals surface area contributed by atoms with E-state index in [4.69, 9.17) is 23.0 Å². The maximum absolute atomic E-state index is 6.68. The molecule has 2 saturated heterocycles. The molecule has 0 amide bonds. The summed E-state index contributed by atoms with van der Waals surface area (Å²) in [5.74, 6) is 0. The molecule has 170 valence electrons. The first kappa shape index (κ1) is 24.6. The van der Waals surface area contributed by atoms with Crippen LogP contribution in [0.5, 0.6) is 0 Å². The van der Waals surface area contributed by atoms with E-state index in [2.05, 4.69) is 87.2 Å². The zero-order chi connectivity index (χ0) is 23.5. The molecule has 1 aromatic rings. The Morgan fingerprint density at radius 1 is 0.677 bits per heavy atom. The molecule has 2 aliphatic rings. The number of benzene rings is 1. The lowest BCUT2D eigenvalue weighted by atomic mass is 9.66. The highest BCUT2D eigenvalue weighted by molar-refractivity contribution is 6.76. The third-order valence-electron chi connectivity index (χ3n) is 6.72. The van der Waals surface area contributed by atoms with E-state index in [9.17, 15) is 0 Å². The molecule has 2 heterocycles. The van der Waals surface area contributed by atoms with Crippen LogP contribution in [-0.4, -0.2) is 45.0 Å². The van der Waals surface area contributed by atoms with Crippen molar-refractivity contribution in [1.29, 1.82) is 0 Å². The summed E-state index contributed by atoms with van der Waals surface area (Å²) >= 11 is 0. The molecular formula is C23H38B2O5Si. The average Bonchev–Trinajstić information content (AvgIpc) is 2.93. The second-order valence-electron chi connectivity index (χ2n) is 11.5. The molecule has 0 spiro atoms. The molecule has 31 heavy (non-hydrogen) atoms. The fourth-order valence-electron chi connectivity index (χ4n) is 3.48. The Bertz CT molecular complexity index is 811. The highest BCUT2D eigenvalue weighted by Gasteiger charge is 2.58. The van der Waals surface area contributed by atoms with Crippen LogP contribution in [0.25, 0.3) is 5.47 Å². The molecule has 0 unspecified atom stereocenters. The molecule has 1 aromatic carbocycles. The van der Waals surface area contributed by atoms with E-state index in [1.54, 1.807) is 0 Å². The number of hydrogen-bond acceptors (Lipinski definition) is 5. The largest absolute Gasteiger partial charge is 0.550 e. The molecule has 0 aliphatic carbocycles. The molecule has 0 aromatic heterocycles. The lowest BCUT2D eigenvalue weighted by Gasteiger charge is -2.32. The Morgan fingerprint density at radius 3 is 1.45 bits per heavy atom. The van der Waals surface area contributed by atoms with Crippen LogP contribution in [-0.2, 0) is 23.0 Å². The van der Waals surface area contributed by atoms with Crippen molar-refractivity contribution in [3.63, 3.8) is 0 Å². The summed E-state index contributed by atoms with van der Waals surface area (Å²) in [5, 5.41) is 0. The summed E-state index contributed by atoms with van der Waals surface area (Å²) in [7, 11) is -3.27. The van der Waals surface area contributed by atoms with Gasteiger partial charge in [0.25, 0.3) is 0 Å². The third-order valence-corrected chi connectivity index (χ3v) is 7.55. The normalized spacial score (nSPS) is 24.9. The van der Waals surface area contributed by atoms with Crippen LogP contribution in [0.1, 0.15) is 61.0 Å². The van der Waals surface area contributed by atoms with Crippen LogP contribution >= 0.6 is 0 Å². The van der Waals surface area contributed by atoms with Crippen molar-refractivity contribution < 1.29 is 23.0 Å². The van der Waals surface area contributed by atoms with Crippen molar-refractivity contribution in [3.8, 4) is 0 Å². The van der Waals surface area contributed by atoms with Gasteiger partial charge in [0.1, 0.15) is 5.66 Å². The van der Waals surface area contributed by atoms with Gasteiger partial charge in [-0.05, 0) is 80.6 Å². The number of rotatable bonds is 5. The molecule has 2 aliphatic heterocycles. The average molecular weight is 444 g/mol. The Labute approximate surface area is 190 Å². The maximum Gasteiger partial charge on any atom is 0.529 e. The predicted octanol–water partition coefficient (Wildman–Crippen LogP) is 5.51. The summed E-state index contributed by atoms with van der Waals surface area (Å²) in [6.07, 6.45) is 0. The predicted molar refractivity (Wildman–Crippen MR) is 130 cm³/mol. The minimum atomic E-state index is -2.03. The smallest absolute Gasteiger partial charge is 0.529 e. The van der Waals surface area contributed by atoms with Crippen molar-refractivity contribution in [3.05, 3.63) is 41.6 Å². The van der Waals surface area contributed by atoms with Crippen LogP contribution in [0.2, 0.25) is 19.6 Å². The fraction of sp³-hybridized carbons (Fsp3) is 0.652. The van der Waals surface area contributed by atoms with E-state index in [0.717, 1.165) is 11.0 Å². The van der Waals surface area contributed by atoms with Crippen molar-refractivity contribution in [2.75, 3.05) is 0 Å². The van der Waals surface area contributed by atoms with Gasteiger partial charge in [-0.2, -0.15) is 0 Å². The van der Waals surface area contributed by atoms with Crippen LogP contribution in [0.3, 0.4) is 0 Å². The molecule has 0 N–H and O–H groups in total. The standard InChI is InChI=1S/C23H38B2O5Si/c1-20(2)21(3,4)28-24(27-20)18(17-15-13-12-14-16-17)19(26-31(9,10)11)25-29-22(5,6)23(7,8)30-25/h12-16H,1-11H3/b19-18+. The fourth-order valence-corrected chi connectivity index (χ4v) is 4.35. The van der Waals surface area contributed by atoms with Crippen LogP contribution < -0.4 is 0 Å². The highest BCUT2D eigenvalue weighted by Crippen LogP contribution is 2.45. The van der Waals surface area contributed by atoms with E-state index >= 15 is 0 Å². The Kier molecular flexibility index (Phi) is 6.16. The summed E-state index contributed by atoms with van der Waals surface area (Å²) in [4.78, 5) is 0. The van der Waals surface area contributed by atoms with Crippen molar-refractivity contribution >= 4 is 28.0 Å². The number of hydrogen-bond donors (Lipinski definition) is 0. The lowest BCUT2D eigenvalue weighted by Crippen LogP contribution is -2.41. The molecule has 3 rings (SSSR count). The Morgan fingerprint density at radius 2 is 1.06 bits per heavy atom. The summed E-state index contributed by atoms with van der Waals surface area (Å²) in [6, 6.07) is 10.1. The van der Waals surface area contributed by atoms with Crippen molar-refractivity contribution in [2.45, 2.75) is 97.4 Å². The van der Waals surface area contributed by atoms with Crippen LogP contribution in [0.4, 0.5) is 0 Å². The van der Waals surface area contributed by atoms with E-state index in [0.29, 0.717) is 5.66 Å². The SMILES string of the molecule is CC1(C)OB(/C(O[Si](C)(C)C)=C(\B2OC(C)(C)C(C)(C)O2)c2ccccc2)OC1(C)C. The summed E-state index contributed by atoms with van der Waals surface area (Å²) < 4.78 is 32.5. The van der Waals surface area contributed by atoms with Crippen molar-refractivity contribution in [1.82, 2.24) is 0 Å². The zero-order valence-corrected chi connectivity index (χ0v) is 22.1. The monoisotopic (exact) mass is 444 g/mol. The topological polar surface area (TPSA) is 46.2 Å². The van der Waals surface area contributed by atoms with E-state index in [1.165, 1.54) is 0 Å². The second kappa shape index (κ2) is 7.77. The van der Waals surface area contributed by atoms with Gasteiger partial charge in [0.05, 0.1) is 22.4 Å². The van der Waals surface area contributed by atoms with Crippen LogP contribution in [0.15, 0.2) is 36.0 Å². The van der Waals surface area contributed by atoms with Gasteiger partial charge >= 0.3 is 14.2 Å². The molecular weight excluding hydrogens is 406 g/mol. The second-order valence-corrected chi connectivity index (χ2v) is 16.0. The molecule has 0 atom stereocenters. The van der Waals surface area contributed by atoms with Gasteiger partial charge in [-0.25, -0.2) is 0 Å². The van der Waals surface area contributed by atoms with E-state index in [-0.39, 0.29) is 0 Å². The summed E-state index contributed by atoms with van der Waals surface area (Å²) in [5.41, 5.74) is 0.550.